The van der Waals surface area contributed by atoms with Crippen LogP contribution in [0.15, 0.2) is 21.6 Å². The summed E-state index contributed by atoms with van der Waals surface area (Å²) in [6.45, 7) is 0. The van der Waals surface area contributed by atoms with Gasteiger partial charge in [0.2, 0.25) is 10.0 Å². The summed E-state index contributed by atoms with van der Waals surface area (Å²) >= 11 is 2.82. The van der Waals surface area contributed by atoms with Crippen molar-refractivity contribution in [2.45, 2.75) is 4.90 Å². The van der Waals surface area contributed by atoms with E-state index in [0.29, 0.717) is 0 Å². The van der Waals surface area contributed by atoms with E-state index in [2.05, 4.69) is 20.9 Å². The van der Waals surface area contributed by atoms with Crippen LogP contribution in [0, 0.1) is 10.1 Å². The molecule has 1 aromatic rings. The van der Waals surface area contributed by atoms with E-state index in [0.717, 1.165) is 12.3 Å². The lowest BCUT2D eigenvalue weighted by Gasteiger charge is -1.97. The van der Waals surface area contributed by atoms with Gasteiger partial charge in [-0.05, 0) is 31.9 Å². The molecule has 0 aliphatic rings. The molecule has 0 radical (unpaired) electrons. The van der Waals surface area contributed by atoms with Gasteiger partial charge in [0.25, 0.3) is 0 Å². The summed E-state index contributed by atoms with van der Waals surface area (Å²) in [5, 5.41) is 15.1. The van der Waals surface area contributed by atoms with Crippen molar-refractivity contribution in [2.75, 3.05) is 0 Å². The van der Waals surface area contributed by atoms with E-state index in [9.17, 15) is 18.5 Å². The summed E-state index contributed by atoms with van der Waals surface area (Å²) in [6.07, 6.45) is 0.832. The fourth-order valence-corrected chi connectivity index (χ4v) is 1.83. The summed E-state index contributed by atoms with van der Waals surface area (Å²) < 4.78 is 21.6. The van der Waals surface area contributed by atoms with Gasteiger partial charge in [-0.3, -0.25) is 0 Å². The van der Waals surface area contributed by atoms with E-state index in [1.165, 1.54) is 0 Å². The van der Waals surface area contributed by atoms with Crippen LogP contribution in [0.3, 0.4) is 0 Å². The van der Waals surface area contributed by atoms with Crippen LogP contribution in [-0.2, 0) is 10.0 Å². The molecule has 0 saturated carbocycles. The molecule has 0 spiro atoms. The summed E-state index contributed by atoms with van der Waals surface area (Å²) in [5.41, 5.74) is 0. The predicted octanol–water partition coefficient (Wildman–Crippen LogP) is 0.400. The Bertz CT molecular complexity index is 486. The molecule has 0 aromatic carbocycles. The molecule has 0 aliphatic heterocycles. The third-order valence-corrected chi connectivity index (χ3v) is 2.76. The normalized spacial score (nSPS) is 11.3. The predicted molar refractivity (Wildman–Crippen MR) is 50.0 cm³/mol. The smallest absolute Gasteiger partial charge is 0.358 e. The van der Waals surface area contributed by atoms with Gasteiger partial charge >= 0.3 is 5.82 Å². The summed E-state index contributed by atoms with van der Waals surface area (Å²) in [7, 11) is -3.88. The Morgan fingerprint density at radius 2 is 2.14 bits per heavy atom. The largest absolute Gasteiger partial charge is 0.377 e. The third kappa shape index (κ3) is 2.25. The van der Waals surface area contributed by atoms with Crippen LogP contribution in [0.4, 0.5) is 5.82 Å². The quantitative estimate of drug-likeness (QED) is 0.622. The number of sulfonamides is 1. The van der Waals surface area contributed by atoms with Crippen molar-refractivity contribution in [3.63, 3.8) is 0 Å². The second kappa shape index (κ2) is 3.59. The molecule has 14 heavy (non-hydrogen) atoms. The summed E-state index contributed by atoms with van der Waals surface area (Å²) in [6, 6.07) is 1.03. The summed E-state index contributed by atoms with van der Waals surface area (Å²) in [4.78, 5) is 12.6. The number of nitrogens with zero attached hydrogens (tertiary/aromatic N) is 2. The monoisotopic (exact) mass is 281 g/mol. The number of pyridine rings is 1. The Hall–Kier alpha value is -1.06. The minimum atomic E-state index is -3.88. The van der Waals surface area contributed by atoms with Crippen LogP contribution in [-0.4, -0.2) is 18.3 Å². The van der Waals surface area contributed by atoms with E-state index in [4.69, 9.17) is 5.14 Å². The van der Waals surface area contributed by atoms with Gasteiger partial charge in [-0.1, -0.05) is 0 Å². The van der Waals surface area contributed by atoms with Crippen molar-refractivity contribution in [3.05, 3.63) is 26.9 Å². The highest BCUT2D eigenvalue weighted by Crippen LogP contribution is 2.23. The lowest BCUT2D eigenvalue weighted by atomic mass is 10.5. The van der Waals surface area contributed by atoms with Crippen molar-refractivity contribution >= 4 is 31.8 Å². The highest BCUT2D eigenvalue weighted by molar-refractivity contribution is 9.10. The first-order valence-electron chi connectivity index (χ1n) is 3.15. The van der Waals surface area contributed by atoms with E-state index >= 15 is 0 Å². The molecular formula is C5H4BrN3O4S. The van der Waals surface area contributed by atoms with Gasteiger partial charge < -0.3 is 10.1 Å². The molecule has 9 heteroatoms. The van der Waals surface area contributed by atoms with Crippen LogP contribution in [0.5, 0.6) is 0 Å². The van der Waals surface area contributed by atoms with Crippen molar-refractivity contribution in [1.29, 1.82) is 0 Å². The SMILES string of the molecule is NS(=O)(=O)c1cnc([N+](=O)[O-])c(Br)c1. The fraction of sp³-hybridized carbons (Fsp3) is 0. The Morgan fingerprint density at radius 3 is 2.50 bits per heavy atom. The minimum Gasteiger partial charge on any atom is -0.358 e. The fourth-order valence-electron chi connectivity index (χ4n) is 0.703. The first kappa shape index (κ1) is 11.0. The molecule has 1 aromatic heterocycles. The maximum absolute atomic E-state index is 10.8. The van der Waals surface area contributed by atoms with E-state index in [1.54, 1.807) is 0 Å². The number of primary sulfonamides is 1. The third-order valence-electron chi connectivity index (χ3n) is 1.30. The zero-order valence-corrected chi connectivity index (χ0v) is 8.95. The lowest BCUT2D eigenvalue weighted by molar-refractivity contribution is -0.390. The molecule has 0 unspecified atom stereocenters. The number of nitro groups is 1. The molecule has 1 heterocycles. The van der Waals surface area contributed by atoms with Gasteiger partial charge in [-0.15, -0.1) is 0 Å². The Balaban J connectivity index is 3.34. The van der Waals surface area contributed by atoms with Crippen molar-refractivity contribution < 1.29 is 13.3 Å². The molecule has 2 N–H and O–H groups in total. The highest BCUT2D eigenvalue weighted by Gasteiger charge is 2.18. The number of hydrogen-bond acceptors (Lipinski definition) is 5. The van der Waals surface area contributed by atoms with Gasteiger partial charge in [-0.2, -0.15) is 0 Å². The molecule has 0 fully saturated rings. The Labute approximate surface area is 87.3 Å². The first-order valence-corrected chi connectivity index (χ1v) is 5.49. The van der Waals surface area contributed by atoms with Gasteiger partial charge in [0.15, 0.2) is 6.20 Å². The first-order chi connectivity index (χ1) is 6.32. The van der Waals surface area contributed by atoms with Gasteiger partial charge in [-0.25, -0.2) is 13.6 Å². The lowest BCUT2D eigenvalue weighted by Crippen LogP contribution is -2.12. The highest BCUT2D eigenvalue weighted by atomic mass is 79.9. The van der Waals surface area contributed by atoms with Crippen molar-refractivity contribution in [1.82, 2.24) is 4.98 Å². The second-order valence-corrected chi connectivity index (χ2v) is 4.69. The minimum absolute atomic E-state index is 0.0333. The maximum Gasteiger partial charge on any atom is 0.377 e. The zero-order valence-electron chi connectivity index (χ0n) is 6.55. The van der Waals surface area contributed by atoms with Crippen LogP contribution in [0.2, 0.25) is 0 Å². The molecule has 1 rings (SSSR count). The van der Waals surface area contributed by atoms with Crippen LogP contribution in [0.1, 0.15) is 0 Å². The molecule has 7 nitrogen and oxygen atoms in total. The Morgan fingerprint density at radius 1 is 1.57 bits per heavy atom. The Kier molecular flexibility index (Phi) is 2.83. The molecule has 0 atom stereocenters. The molecule has 76 valence electrons. The van der Waals surface area contributed by atoms with Crippen LogP contribution < -0.4 is 5.14 Å². The van der Waals surface area contributed by atoms with Gasteiger partial charge in [0, 0.05) is 0 Å². The van der Waals surface area contributed by atoms with Crippen LogP contribution in [0.25, 0.3) is 0 Å². The van der Waals surface area contributed by atoms with Crippen molar-refractivity contribution in [2.24, 2.45) is 5.14 Å². The zero-order chi connectivity index (χ0) is 10.9. The maximum atomic E-state index is 10.8. The van der Waals surface area contributed by atoms with Gasteiger partial charge in [0.1, 0.15) is 9.37 Å². The van der Waals surface area contributed by atoms with Crippen LogP contribution >= 0.6 is 15.9 Å². The molecule has 0 amide bonds. The summed E-state index contributed by atoms with van der Waals surface area (Å²) in [5.74, 6) is -0.461. The number of aromatic nitrogens is 1. The van der Waals surface area contributed by atoms with E-state index in [1.807, 2.05) is 0 Å². The number of nitrogens with two attached hydrogens (primary N) is 1. The molecule has 0 bridgehead atoms. The number of rotatable bonds is 2. The topological polar surface area (TPSA) is 116 Å². The van der Waals surface area contributed by atoms with E-state index < -0.39 is 20.8 Å². The standard InChI is InChI=1S/C5H4BrN3O4S/c6-4-1-3(14(7,12)13)2-8-5(4)9(10)11/h1-2H,(H2,7,12,13). The average Bonchev–Trinajstić information content (AvgIpc) is 2.01. The van der Waals surface area contributed by atoms with E-state index in [-0.39, 0.29) is 9.37 Å². The number of halogens is 1. The second-order valence-electron chi connectivity index (χ2n) is 2.28. The average molecular weight is 282 g/mol. The number of hydrogen-bond donors (Lipinski definition) is 1. The van der Waals surface area contributed by atoms with Gasteiger partial charge in [0.05, 0.1) is 0 Å². The molecule has 0 aliphatic carbocycles. The molecular weight excluding hydrogens is 278 g/mol. The van der Waals surface area contributed by atoms with Crippen molar-refractivity contribution in [3.8, 4) is 0 Å². The molecule has 0 saturated heterocycles.